The van der Waals surface area contributed by atoms with Crippen molar-refractivity contribution in [1.29, 1.82) is 0 Å². The van der Waals surface area contributed by atoms with Crippen molar-refractivity contribution in [2.45, 2.75) is 25.3 Å². The van der Waals surface area contributed by atoms with Crippen LogP contribution in [0.1, 0.15) is 19.3 Å². The van der Waals surface area contributed by atoms with Crippen molar-refractivity contribution in [2.24, 2.45) is 5.73 Å². The van der Waals surface area contributed by atoms with Crippen LogP contribution < -0.4 is 10.6 Å². The number of nitrogens with two attached hydrogens (primary N) is 1. The lowest BCUT2D eigenvalue weighted by Gasteiger charge is -2.38. The van der Waals surface area contributed by atoms with Gasteiger partial charge in [0.05, 0.1) is 17.2 Å². The van der Waals surface area contributed by atoms with Gasteiger partial charge in [-0.3, -0.25) is 4.98 Å². The first-order valence-corrected chi connectivity index (χ1v) is 6.57. The minimum Gasteiger partial charge on any atom is -0.351 e. The summed E-state index contributed by atoms with van der Waals surface area (Å²) in [5.41, 5.74) is 7.61. The molecule has 0 saturated heterocycles. The molecule has 0 radical (unpaired) electrons. The topological polar surface area (TPSA) is 55.0 Å². The molecular formula is C14H18N4. The van der Waals surface area contributed by atoms with Crippen LogP contribution in [0, 0.1) is 0 Å². The van der Waals surface area contributed by atoms with Gasteiger partial charge in [0.25, 0.3) is 0 Å². The molecule has 18 heavy (non-hydrogen) atoms. The minimum atomic E-state index is 0.601. The molecule has 0 bridgehead atoms. The fourth-order valence-corrected chi connectivity index (χ4v) is 2.41. The number of fused-ring (bicyclic) bond motifs is 1. The van der Waals surface area contributed by atoms with E-state index in [-0.39, 0.29) is 0 Å². The quantitative estimate of drug-likeness (QED) is 0.890. The molecule has 3 rings (SSSR count). The Morgan fingerprint density at radius 2 is 2.00 bits per heavy atom. The Labute approximate surface area is 107 Å². The highest BCUT2D eigenvalue weighted by atomic mass is 15.2. The molecule has 4 heteroatoms. The fraction of sp³-hybridized carbons (Fsp3) is 0.429. The third-order valence-corrected chi connectivity index (χ3v) is 3.62. The van der Waals surface area contributed by atoms with Gasteiger partial charge in [0.2, 0.25) is 0 Å². The van der Waals surface area contributed by atoms with Crippen molar-refractivity contribution < 1.29 is 0 Å². The zero-order valence-electron chi connectivity index (χ0n) is 10.4. The second kappa shape index (κ2) is 4.90. The van der Waals surface area contributed by atoms with E-state index in [9.17, 15) is 0 Å². The van der Waals surface area contributed by atoms with E-state index in [1.165, 1.54) is 19.3 Å². The predicted octanol–water partition coefficient (Wildman–Crippen LogP) is 1.95. The standard InChI is InChI=1S/C14H18N4/c15-8-9-18(11-4-3-5-11)14-10-16-12-6-1-2-7-13(12)17-14/h1-2,6-7,10-11H,3-5,8-9,15H2. The molecule has 0 atom stereocenters. The van der Waals surface area contributed by atoms with E-state index < -0.39 is 0 Å². The Balaban J connectivity index is 1.95. The summed E-state index contributed by atoms with van der Waals surface area (Å²) in [6.45, 7) is 1.52. The molecule has 1 aliphatic carbocycles. The van der Waals surface area contributed by atoms with Crippen LogP contribution in [0.2, 0.25) is 0 Å². The van der Waals surface area contributed by atoms with Crippen LogP contribution in [0.25, 0.3) is 11.0 Å². The van der Waals surface area contributed by atoms with Crippen LogP contribution >= 0.6 is 0 Å². The predicted molar refractivity (Wildman–Crippen MR) is 73.6 cm³/mol. The van der Waals surface area contributed by atoms with Gasteiger partial charge in [0.15, 0.2) is 0 Å². The van der Waals surface area contributed by atoms with Gasteiger partial charge >= 0.3 is 0 Å². The highest BCUT2D eigenvalue weighted by molar-refractivity contribution is 5.75. The van der Waals surface area contributed by atoms with Gasteiger partial charge in [0, 0.05) is 19.1 Å². The largest absolute Gasteiger partial charge is 0.351 e. The molecule has 0 aliphatic heterocycles. The van der Waals surface area contributed by atoms with Crippen LogP contribution in [-0.2, 0) is 0 Å². The summed E-state index contributed by atoms with van der Waals surface area (Å²) < 4.78 is 0. The first-order chi connectivity index (χ1) is 8.88. The molecule has 1 aromatic carbocycles. The van der Waals surface area contributed by atoms with Crippen molar-refractivity contribution in [3.05, 3.63) is 30.5 Å². The number of hydrogen-bond acceptors (Lipinski definition) is 4. The van der Waals surface area contributed by atoms with Crippen LogP contribution in [0.4, 0.5) is 5.82 Å². The summed E-state index contributed by atoms with van der Waals surface area (Å²) in [7, 11) is 0. The first-order valence-electron chi connectivity index (χ1n) is 6.57. The van der Waals surface area contributed by atoms with Crippen molar-refractivity contribution in [2.75, 3.05) is 18.0 Å². The molecule has 1 aromatic heterocycles. The maximum absolute atomic E-state index is 5.71. The zero-order valence-corrected chi connectivity index (χ0v) is 10.4. The molecule has 0 amide bonds. The van der Waals surface area contributed by atoms with Crippen LogP contribution in [0.15, 0.2) is 30.5 Å². The molecule has 4 nitrogen and oxygen atoms in total. The van der Waals surface area contributed by atoms with Gasteiger partial charge < -0.3 is 10.6 Å². The SMILES string of the molecule is NCCN(c1cnc2ccccc2n1)C1CCC1. The maximum atomic E-state index is 5.71. The molecule has 2 aromatic rings. The molecule has 0 spiro atoms. The van der Waals surface area contributed by atoms with Gasteiger partial charge in [0.1, 0.15) is 5.82 Å². The number of hydrogen-bond donors (Lipinski definition) is 1. The Bertz CT molecular complexity index is 536. The van der Waals surface area contributed by atoms with E-state index >= 15 is 0 Å². The number of nitrogens with zero attached hydrogens (tertiary/aromatic N) is 3. The molecular weight excluding hydrogens is 224 g/mol. The van der Waals surface area contributed by atoms with Crippen molar-refractivity contribution >= 4 is 16.9 Å². The monoisotopic (exact) mass is 242 g/mol. The molecule has 1 heterocycles. The van der Waals surface area contributed by atoms with E-state index in [1.54, 1.807) is 0 Å². The smallest absolute Gasteiger partial charge is 0.148 e. The van der Waals surface area contributed by atoms with Gasteiger partial charge in [-0.15, -0.1) is 0 Å². The highest BCUT2D eigenvalue weighted by Gasteiger charge is 2.25. The Kier molecular flexibility index (Phi) is 3.11. The van der Waals surface area contributed by atoms with Crippen LogP contribution in [-0.4, -0.2) is 29.1 Å². The van der Waals surface area contributed by atoms with E-state index in [2.05, 4.69) is 9.88 Å². The van der Waals surface area contributed by atoms with E-state index in [0.29, 0.717) is 12.6 Å². The molecule has 2 N–H and O–H groups in total. The van der Waals surface area contributed by atoms with Crippen molar-refractivity contribution in [1.82, 2.24) is 9.97 Å². The van der Waals surface area contributed by atoms with Gasteiger partial charge in [-0.2, -0.15) is 0 Å². The average Bonchev–Trinajstić information content (AvgIpc) is 2.35. The lowest BCUT2D eigenvalue weighted by Crippen LogP contribution is -2.43. The summed E-state index contributed by atoms with van der Waals surface area (Å²) in [5, 5.41) is 0. The summed E-state index contributed by atoms with van der Waals surface area (Å²) >= 11 is 0. The molecule has 1 fully saturated rings. The third-order valence-electron chi connectivity index (χ3n) is 3.62. The Morgan fingerprint density at radius 3 is 2.67 bits per heavy atom. The lowest BCUT2D eigenvalue weighted by molar-refractivity contribution is 0.386. The van der Waals surface area contributed by atoms with Gasteiger partial charge in [-0.25, -0.2) is 4.98 Å². The minimum absolute atomic E-state index is 0.601. The Hall–Kier alpha value is -1.68. The number of anilines is 1. The number of para-hydroxylation sites is 2. The molecule has 1 aliphatic rings. The van der Waals surface area contributed by atoms with E-state index in [0.717, 1.165) is 23.4 Å². The number of benzene rings is 1. The van der Waals surface area contributed by atoms with Crippen LogP contribution in [0.3, 0.4) is 0 Å². The molecule has 94 valence electrons. The average molecular weight is 242 g/mol. The van der Waals surface area contributed by atoms with Crippen molar-refractivity contribution in [3.8, 4) is 0 Å². The lowest BCUT2D eigenvalue weighted by atomic mass is 9.91. The zero-order chi connectivity index (χ0) is 12.4. The normalized spacial score (nSPS) is 15.6. The van der Waals surface area contributed by atoms with Crippen LogP contribution in [0.5, 0.6) is 0 Å². The first kappa shape index (κ1) is 11.4. The van der Waals surface area contributed by atoms with E-state index in [4.69, 9.17) is 10.7 Å². The molecule has 0 unspecified atom stereocenters. The highest BCUT2D eigenvalue weighted by Crippen LogP contribution is 2.28. The molecule has 1 saturated carbocycles. The number of aromatic nitrogens is 2. The number of rotatable bonds is 4. The summed E-state index contributed by atoms with van der Waals surface area (Å²) in [6, 6.07) is 8.58. The fourth-order valence-electron chi connectivity index (χ4n) is 2.41. The second-order valence-electron chi connectivity index (χ2n) is 4.78. The second-order valence-corrected chi connectivity index (χ2v) is 4.78. The van der Waals surface area contributed by atoms with Gasteiger partial charge in [-0.05, 0) is 31.4 Å². The third kappa shape index (κ3) is 2.04. The summed E-state index contributed by atoms with van der Waals surface area (Å²) in [5.74, 6) is 0.962. The van der Waals surface area contributed by atoms with E-state index in [1.807, 2.05) is 30.5 Å². The summed E-state index contributed by atoms with van der Waals surface area (Å²) in [4.78, 5) is 11.5. The van der Waals surface area contributed by atoms with Gasteiger partial charge in [-0.1, -0.05) is 12.1 Å². The maximum Gasteiger partial charge on any atom is 0.148 e. The van der Waals surface area contributed by atoms with Crippen molar-refractivity contribution in [3.63, 3.8) is 0 Å². The Morgan fingerprint density at radius 1 is 1.22 bits per heavy atom. The summed E-state index contributed by atoms with van der Waals surface area (Å²) in [6.07, 6.45) is 5.67.